The first-order valence-corrected chi connectivity index (χ1v) is 27.0. The molecule has 1 saturated carbocycles. The molecule has 4 aromatic carbocycles. The number of hydrogen-bond donors (Lipinski definition) is 3. The number of halogens is 5. The Morgan fingerprint density at radius 1 is 0.671 bits per heavy atom. The highest BCUT2D eigenvalue weighted by Crippen LogP contribution is 2.47. The van der Waals surface area contributed by atoms with Crippen LogP contribution < -0.4 is 16.8 Å². The fraction of sp³-hybridized carbons (Fsp3) is 0.484. The van der Waals surface area contributed by atoms with Crippen LogP contribution in [0, 0.1) is 29.5 Å². The van der Waals surface area contributed by atoms with Gasteiger partial charge in [0, 0.05) is 43.2 Å². The quantitative estimate of drug-likeness (QED) is 0.0980. The third kappa shape index (κ3) is 16.8. The molecule has 6 rings (SSSR count). The highest BCUT2D eigenvalue weighted by Gasteiger charge is 2.40. The summed E-state index contributed by atoms with van der Waals surface area (Å²) in [6, 6.07) is 30.0. The average Bonchev–Trinajstić information content (AvgIpc) is 3.83. The Kier molecular flexibility index (Phi) is 26.7. The van der Waals surface area contributed by atoms with Crippen molar-refractivity contribution in [3.8, 4) is 0 Å². The van der Waals surface area contributed by atoms with Crippen LogP contribution in [0.15, 0.2) is 144 Å². The molecule has 2 aliphatic rings. The summed E-state index contributed by atoms with van der Waals surface area (Å²) in [5.74, 6) is 1.93. The lowest BCUT2D eigenvalue weighted by molar-refractivity contribution is 0.320. The molecule has 4 aromatic rings. The van der Waals surface area contributed by atoms with E-state index in [4.69, 9.17) is 46.3 Å². The maximum atomic E-state index is 13.8. The third-order valence-corrected chi connectivity index (χ3v) is 16.1. The third-order valence-electron chi connectivity index (χ3n) is 14.8. The molecule has 3 nitrogen and oxygen atoms in total. The van der Waals surface area contributed by atoms with E-state index in [0.717, 1.165) is 65.3 Å². The van der Waals surface area contributed by atoms with Gasteiger partial charge in [0.2, 0.25) is 0 Å². The van der Waals surface area contributed by atoms with Crippen molar-refractivity contribution in [2.24, 2.45) is 35.1 Å². The van der Waals surface area contributed by atoms with Gasteiger partial charge in [-0.05, 0) is 146 Å². The molecule has 1 aliphatic heterocycles. The van der Waals surface area contributed by atoms with E-state index in [9.17, 15) is 4.39 Å². The van der Waals surface area contributed by atoms with Gasteiger partial charge in [0.15, 0.2) is 0 Å². The predicted octanol–water partition coefficient (Wildman–Crippen LogP) is 18.6. The van der Waals surface area contributed by atoms with Gasteiger partial charge >= 0.3 is 0 Å². The summed E-state index contributed by atoms with van der Waals surface area (Å²) in [5.41, 5.74) is 21.4. The zero-order valence-corrected chi connectivity index (χ0v) is 47.3. The summed E-state index contributed by atoms with van der Waals surface area (Å²) >= 11 is 21.2. The summed E-state index contributed by atoms with van der Waals surface area (Å²) in [6.07, 6.45) is 8.81. The average molecular weight is 1080 g/mol. The predicted molar refractivity (Wildman–Crippen MR) is 312 cm³/mol. The van der Waals surface area contributed by atoms with E-state index in [1.54, 1.807) is 12.1 Å². The van der Waals surface area contributed by atoms with Crippen LogP contribution in [0.25, 0.3) is 0 Å². The number of hydrogen-bond acceptors (Lipinski definition) is 3. The summed E-state index contributed by atoms with van der Waals surface area (Å²) in [4.78, 5) is 0. The number of nitrogens with one attached hydrogen (secondary N) is 1. The number of nitrogens with two attached hydrogens (primary N) is 2. The lowest BCUT2D eigenvalue weighted by Crippen LogP contribution is -2.33. The second kappa shape index (κ2) is 29.6. The van der Waals surface area contributed by atoms with Crippen LogP contribution in [0.4, 0.5) is 4.39 Å². The Morgan fingerprint density at radius 2 is 1.19 bits per heavy atom. The first kappa shape index (κ1) is 63.1. The van der Waals surface area contributed by atoms with Gasteiger partial charge in [-0.2, -0.15) is 0 Å². The van der Waals surface area contributed by atoms with Crippen molar-refractivity contribution in [3.05, 3.63) is 187 Å². The van der Waals surface area contributed by atoms with E-state index in [1.165, 1.54) is 58.2 Å². The summed E-state index contributed by atoms with van der Waals surface area (Å²) in [6.45, 7) is 40.2. The van der Waals surface area contributed by atoms with Crippen LogP contribution >= 0.6 is 50.7 Å². The minimum absolute atomic E-state index is 0. The van der Waals surface area contributed by atoms with Gasteiger partial charge in [0.25, 0.3) is 0 Å². The van der Waals surface area contributed by atoms with Crippen molar-refractivity contribution < 1.29 is 4.39 Å². The molecule has 0 aromatic heterocycles. The van der Waals surface area contributed by atoms with E-state index in [1.807, 2.05) is 30.3 Å². The van der Waals surface area contributed by atoms with Crippen molar-refractivity contribution in [2.75, 3.05) is 26.2 Å². The Bertz CT molecular complexity index is 2240. The van der Waals surface area contributed by atoms with E-state index >= 15 is 0 Å². The maximum Gasteiger partial charge on any atom is 0.142 e. The Labute approximate surface area is 449 Å². The van der Waals surface area contributed by atoms with E-state index in [2.05, 4.69) is 158 Å². The zero-order valence-electron chi connectivity index (χ0n) is 43.4. The van der Waals surface area contributed by atoms with Crippen LogP contribution in [0.3, 0.4) is 0 Å². The monoisotopic (exact) mass is 1080 g/mol. The molecule has 70 heavy (non-hydrogen) atoms. The minimum atomic E-state index is -0.319. The molecular formula is C62H88BrCl3FN3. The summed E-state index contributed by atoms with van der Waals surface area (Å²) in [7, 11) is 0. The Hall–Kier alpha value is -3.00. The van der Waals surface area contributed by atoms with E-state index < -0.39 is 0 Å². The number of benzene rings is 4. The minimum Gasteiger partial charge on any atom is -0.330 e. The Morgan fingerprint density at radius 3 is 1.63 bits per heavy atom. The van der Waals surface area contributed by atoms with Crippen LogP contribution in [0.5, 0.6) is 0 Å². The second-order valence-electron chi connectivity index (χ2n) is 20.6. The smallest absolute Gasteiger partial charge is 0.142 e. The Balaban J connectivity index is 0.000000319. The molecule has 386 valence electrons. The number of allylic oxidation sites excluding steroid dienone is 3. The van der Waals surface area contributed by atoms with Crippen LogP contribution in [0.2, 0.25) is 15.1 Å². The van der Waals surface area contributed by atoms with Gasteiger partial charge in [-0.15, -0.1) is 0 Å². The molecule has 1 aliphatic carbocycles. The molecule has 0 amide bonds. The lowest BCUT2D eigenvalue weighted by Gasteiger charge is -2.41. The van der Waals surface area contributed by atoms with Gasteiger partial charge in [-0.3, -0.25) is 0 Å². The lowest BCUT2D eigenvalue weighted by atomic mass is 9.63. The highest BCUT2D eigenvalue weighted by atomic mass is 79.9. The van der Waals surface area contributed by atoms with Crippen molar-refractivity contribution in [1.82, 2.24) is 5.32 Å². The van der Waals surface area contributed by atoms with Gasteiger partial charge in [0.1, 0.15) is 5.82 Å². The van der Waals surface area contributed by atoms with Crippen molar-refractivity contribution in [1.29, 1.82) is 0 Å². The molecular weight excluding hydrogens is 992 g/mol. The molecule has 0 bridgehead atoms. The van der Waals surface area contributed by atoms with E-state index in [-0.39, 0.29) is 34.5 Å². The second-order valence-corrected chi connectivity index (χ2v) is 22.8. The fourth-order valence-electron chi connectivity index (χ4n) is 10.1. The highest BCUT2D eigenvalue weighted by molar-refractivity contribution is 9.10. The molecule has 0 spiro atoms. The molecule has 3 unspecified atom stereocenters. The fourth-order valence-corrected chi connectivity index (χ4v) is 10.7. The largest absolute Gasteiger partial charge is 0.330 e. The molecule has 0 radical (unpaired) electrons. The zero-order chi connectivity index (χ0) is 51.7. The maximum absolute atomic E-state index is 13.8. The van der Waals surface area contributed by atoms with Crippen LogP contribution in [-0.2, 0) is 16.2 Å². The molecule has 2 fully saturated rings. The molecule has 3 atom stereocenters. The standard InChI is InChI=1S/C17H22ClF.C15H20ClN.C15H22ClN.C14H20BrN.CH4/c1-12(2)13(3)17(9-5-4-6-10-17)14-7-8-15(18)16(19)11-14;1-11(2)12(3)15(8-9-17-10-15)13-4-6-14(16)7-5-13;1-11(2)12(3)15(4,9-10-17)13-5-7-14(16)8-6-13;1-10(2)11(3)14(8-9-16)12-4-6-13(15)7-5-12;/h7-8,11-12H,3-6,9-10H2,1-2H3;4-7,11,17H,3,8-10H2,1-2H3;5-8,11H,3,9-10,17H2,1-2,4H3;4-7,10,14H,3,8-9,16H2,1-2H3;1H4. The van der Waals surface area contributed by atoms with Gasteiger partial charge in [0.05, 0.1) is 5.02 Å². The summed E-state index contributed by atoms with van der Waals surface area (Å²) < 4.78 is 14.9. The van der Waals surface area contributed by atoms with Gasteiger partial charge in [-0.1, -0.05) is 231 Å². The first-order valence-electron chi connectivity index (χ1n) is 25.1. The molecule has 1 saturated heterocycles. The SMILES string of the molecule is C.C=C(C(C)C)C(C)(CCN)c1ccc(Cl)cc1.C=C(C(C)C)C(CCN)c1ccc(Br)cc1.C=C(C(C)C)C1(c2ccc(Cl)c(F)c2)CCCCC1.C=C(C(C)C)C1(c2ccc(Cl)cc2)CCNC1. The molecule has 1 heterocycles. The van der Waals surface area contributed by atoms with Crippen LogP contribution in [0.1, 0.15) is 149 Å². The van der Waals surface area contributed by atoms with Crippen molar-refractivity contribution in [3.63, 3.8) is 0 Å². The van der Waals surface area contributed by atoms with Gasteiger partial charge < -0.3 is 16.8 Å². The van der Waals surface area contributed by atoms with Crippen LogP contribution in [-0.4, -0.2) is 26.2 Å². The number of rotatable bonds is 16. The van der Waals surface area contributed by atoms with Crippen molar-refractivity contribution in [2.45, 2.75) is 143 Å². The topological polar surface area (TPSA) is 64.1 Å². The summed E-state index contributed by atoms with van der Waals surface area (Å²) in [5, 5.41) is 5.23. The molecule has 5 N–H and O–H groups in total. The molecule has 8 heteroatoms. The normalized spacial score (nSPS) is 17.4. The van der Waals surface area contributed by atoms with Crippen molar-refractivity contribution >= 4 is 50.7 Å². The van der Waals surface area contributed by atoms with E-state index in [0.29, 0.717) is 42.7 Å². The first-order chi connectivity index (χ1) is 32.5. The van der Waals surface area contributed by atoms with Gasteiger partial charge in [-0.25, -0.2) is 4.39 Å².